The zero-order chi connectivity index (χ0) is 15.0. The van der Waals surface area contributed by atoms with Gasteiger partial charge in [0.15, 0.2) is 0 Å². The van der Waals surface area contributed by atoms with Crippen LogP contribution in [0.15, 0.2) is 91.0 Å². The molecule has 0 bridgehead atoms. The third-order valence-corrected chi connectivity index (χ3v) is 6.28. The molecule has 3 nitrogen and oxygen atoms in total. The first-order chi connectivity index (χ1) is 10.9. The fourth-order valence-electron chi connectivity index (χ4n) is 1.82. The van der Waals surface area contributed by atoms with Crippen LogP contribution in [0.1, 0.15) is 0 Å². The number of halogens is 1. The van der Waals surface area contributed by atoms with Gasteiger partial charge in [-0.25, -0.2) is 0 Å². The molecule has 0 atom stereocenters. The van der Waals surface area contributed by atoms with Gasteiger partial charge < -0.3 is 0 Å². The van der Waals surface area contributed by atoms with E-state index in [0.717, 1.165) is 17.2 Å². The Kier molecular flexibility index (Phi) is 7.10. The van der Waals surface area contributed by atoms with Crippen molar-refractivity contribution in [3.05, 3.63) is 91.0 Å². The van der Waals surface area contributed by atoms with Gasteiger partial charge in [0.25, 0.3) is 0 Å². The van der Waals surface area contributed by atoms with Crippen LogP contribution < -0.4 is 9.22 Å². The Hall–Kier alpha value is -1.85. The van der Waals surface area contributed by atoms with Crippen molar-refractivity contribution in [2.75, 3.05) is 0 Å². The van der Waals surface area contributed by atoms with Crippen molar-refractivity contribution in [3.8, 4) is 17.2 Å². The number of para-hydroxylation sites is 3. The van der Waals surface area contributed by atoms with E-state index < -0.39 is 21.0 Å². The van der Waals surface area contributed by atoms with Crippen LogP contribution in [-0.4, -0.2) is 21.0 Å². The second-order valence-corrected chi connectivity index (χ2v) is 7.67. The quantitative estimate of drug-likeness (QED) is 0.530. The molecule has 0 unspecified atom stereocenters. The fourth-order valence-corrected chi connectivity index (χ4v) is 4.99. The molecule has 0 heterocycles. The fraction of sp³-hybridized carbons (Fsp3) is 0. The average molecular weight is 434 g/mol. The summed E-state index contributed by atoms with van der Waals surface area (Å²) in [6.45, 7) is 0. The molecule has 3 aromatic carbocycles. The van der Waals surface area contributed by atoms with Crippen LogP contribution in [0.25, 0.3) is 0 Å². The van der Waals surface area contributed by atoms with Gasteiger partial charge >= 0.3 is 138 Å². The van der Waals surface area contributed by atoms with Gasteiger partial charge in [0.2, 0.25) is 0 Å². The first-order valence-electron chi connectivity index (χ1n) is 6.96. The summed E-state index contributed by atoms with van der Waals surface area (Å²) in [5, 5.41) is 0. The van der Waals surface area contributed by atoms with E-state index in [2.05, 4.69) is 0 Å². The Morgan fingerprint density at radius 1 is 0.435 bits per heavy atom. The summed E-state index contributed by atoms with van der Waals surface area (Å²) in [6, 6.07) is 28.9. The van der Waals surface area contributed by atoms with Crippen molar-refractivity contribution in [3.63, 3.8) is 0 Å². The van der Waals surface area contributed by atoms with Gasteiger partial charge in [-0.3, -0.25) is 0 Å². The van der Waals surface area contributed by atoms with E-state index >= 15 is 0 Å². The molecule has 117 valence electrons. The van der Waals surface area contributed by atoms with Gasteiger partial charge in [-0.1, -0.05) is 0 Å². The first-order valence-corrected chi connectivity index (χ1v) is 10.5. The van der Waals surface area contributed by atoms with Crippen molar-refractivity contribution in [2.24, 2.45) is 0 Å². The molecule has 3 rings (SSSR count). The molecule has 1 radical (unpaired) electrons. The van der Waals surface area contributed by atoms with Gasteiger partial charge in [-0.15, -0.1) is 12.4 Å². The average Bonchev–Trinajstić information content (AvgIpc) is 2.57. The second kappa shape index (κ2) is 9.32. The molecule has 0 N–H and O–H groups in total. The van der Waals surface area contributed by atoms with E-state index in [1.807, 2.05) is 91.0 Å². The van der Waals surface area contributed by atoms with Crippen LogP contribution in [0, 0.1) is 0 Å². The van der Waals surface area contributed by atoms with E-state index in [1.54, 1.807) is 0 Å². The van der Waals surface area contributed by atoms with E-state index in [1.165, 1.54) is 0 Å². The Morgan fingerprint density at radius 3 is 0.957 bits per heavy atom. The summed E-state index contributed by atoms with van der Waals surface area (Å²) >= 11 is -3.06. The second-order valence-electron chi connectivity index (χ2n) is 4.50. The molecule has 3 aromatic rings. The van der Waals surface area contributed by atoms with E-state index in [4.69, 9.17) is 9.22 Å². The molecule has 0 fully saturated rings. The zero-order valence-corrected chi connectivity index (χ0v) is 16.0. The first kappa shape index (κ1) is 17.5. The molecule has 0 aliphatic heterocycles. The summed E-state index contributed by atoms with van der Waals surface area (Å²) in [6.07, 6.45) is 0. The predicted octanol–water partition coefficient (Wildman–Crippen LogP) is 4.63. The molecule has 5 heteroatoms. The Morgan fingerprint density at radius 2 is 0.696 bits per heavy atom. The molecular weight excluding hydrogens is 418 g/mol. The molecule has 0 spiro atoms. The van der Waals surface area contributed by atoms with Gasteiger partial charge in [0.05, 0.1) is 0 Å². The SMILES string of the molecule is Cl.c1ccc([O][Sn]([O]c2ccccc2)[O]c2ccccc2)cc1. The number of benzene rings is 3. The number of hydrogen-bond acceptors (Lipinski definition) is 3. The van der Waals surface area contributed by atoms with Crippen LogP contribution in [0.5, 0.6) is 17.2 Å². The summed E-state index contributed by atoms with van der Waals surface area (Å²) in [7, 11) is 0. The van der Waals surface area contributed by atoms with Gasteiger partial charge in [-0.2, -0.15) is 0 Å². The molecule has 0 aliphatic rings. The monoisotopic (exact) mass is 435 g/mol. The van der Waals surface area contributed by atoms with E-state index in [9.17, 15) is 0 Å². The summed E-state index contributed by atoms with van der Waals surface area (Å²) in [4.78, 5) is 0. The van der Waals surface area contributed by atoms with E-state index in [0.29, 0.717) is 0 Å². The Labute approximate surface area is 150 Å². The summed E-state index contributed by atoms with van der Waals surface area (Å²) < 4.78 is 17.9. The van der Waals surface area contributed by atoms with Crippen molar-refractivity contribution < 1.29 is 9.22 Å². The molecule has 0 aromatic heterocycles. The molecular formula is C18H16ClO3Sn. The predicted molar refractivity (Wildman–Crippen MR) is 94.2 cm³/mol. The molecule has 0 saturated carbocycles. The molecule has 0 amide bonds. The number of rotatable bonds is 6. The maximum atomic E-state index is 5.97. The van der Waals surface area contributed by atoms with Crippen LogP contribution in [0.2, 0.25) is 0 Å². The van der Waals surface area contributed by atoms with Crippen molar-refractivity contribution in [1.82, 2.24) is 0 Å². The third kappa shape index (κ3) is 5.69. The van der Waals surface area contributed by atoms with Crippen molar-refractivity contribution in [2.45, 2.75) is 0 Å². The zero-order valence-electron chi connectivity index (χ0n) is 12.3. The van der Waals surface area contributed by atoms with Crippen LogP contribution in [-0.2, 0) is 0 Å². The Bertz CT molecular complexity index is 582. The third-order valence-electron chi connectivity index (χ3n) is 2.83. The van der Waals surface area contributed by atoms with Crippen molar-refractivity contribution >= 4 is 33.4 Å². The van der Waals surface area contributed by atoms with Gasteiger partial charge in [-0.05, 0) is 0 Å². The summed E-state index contributed by atoms with van der Waals surface area (Å²) in [5.74, 6) is 2.30. The van der Waals surface area contributed by atoms with Crippen LogP contribution in [0.4, 0.5) is 0 Å². The van der Waals surface area contributed by atoms with Crippen molar-refractivity contribution in [1.29, 1.82) is 0 Å². The van der Waals surface area contributed by atoms with Gasteiger partial charge in [0.1, 0.15) is 0 Å². The van der Waals surface area contributed by atoms with Crippen LogP contribution >= 0.6 is 12.4 Å². The maximum absolute atomic E-state index is 5.97. The number of hydrogen-bond donors (Lipinski definition) is 0. The minimum atomic E-state index is -3.06. The van der Waals surface area contributed by atoms with E-state index in [-0.39, 0.29) is 12.4 Å². The Balaban J connectivity index is 0.00000192. The van der Waals surface area contributed by atoms with Crippen LogP contribution in [0.3, 0.4) is 0 Å². The topological polar surface area (TPSA) is 27.7 Å². The molecule has 0 saturated heterocycles. The standard InChI is InChI=1S/3C6H6O.ClH.Sn/c3*7-6-4-2-1-3-5-6;;/h3*1-5,7H;1H;/q;;;;+3/p-3. The summed E-state index contributed by atoms with van der Waals surface area (Å²) in [5.41, 5.74) is 0. The minimum absolute atomic E-state index is 0. The molecule has 0 aliphatic carbocycles. The molecule has 23 heavy (non-hydrogen) atoms. The van der Waals surface area contributed by atoms with Gasteiger partial charge in [0, 0.05) is 0 Å². The normalized spacial score (nSPS) is 9.78.